The molecule has 0 aliphatic carbocycles. The van der Waals surface area contributed by atoms with Crippen LogP contribution in [-0.4, -0.2) is 42.3 Å². The molecule has 0 aliphatic heterocycles. The molecule has 0 atom stereocenters. The lowest BCUT2D eigenvalue weighted by molar-refractivity contribution is -0.130. The summed E-state index contributed by atoms with van der Waals surface area (Å²) >= 11 is 1.62. The lowest BCUT2D eigenvalue weighted by atomic mass is 10.1. The molecule has 0 fully saturated rings. The number of rotatable bonds is 8. The molecule has 0 spiro atoms. The molecule has 1 N–H and O–H groups in total. The van der Waals surface area contributed by atoms with Crippen LogP contribution in [0.1, 0.15) is 27.9 Å². The number of carboxylic acids is 1. The number of carbonyl (C=O) groups excluding carboxylic acids is 1. The van der Waals surface area contributed by atoms with E-state index < -0.39 is 5.97 Å². The summed E-state index contributed by atoms with van der Waals surface area (Å²) in [6.07, 6.45) is 2.96. The molecule has 2 aromatic rings. The number of benzene rings is 2. The highest BCUT2D eigenvalue weighted by atomic mass is 32.2. The Hall–Kier alpha value is -2.47. The van der Waals surface area contributed by atoms with Gasteiger partial charge in [0.05, 0.1) is 12.7 Å². The van der Waals surface area contributed by atoms with Gasteiger partial charge in [-0.05, 0) is 48.1 Å². The van der Waals surface area contributed by atoms with Crippen molar-refractivity contribution in [1.29, 1.82) is 0 Å². The van der Waals surface area contributed by atoms with Gasteiger partial charge in [-0.15, -0.1) is 11.8 Å². The van der Waals surface area contributed by atoms with Crippen LogP contribution >= 0.6 is 11.8 Å². The zero-order valence-electron chi connectivity index (χ0n) is 15.2. The van der Waals surface area contributed by atoms with Gasteiger partial charge >= 0.3 is 5.97 Å². The smallest absolute Gasteiger partial charge is 0.335 e. The molecule has 0 aromatic heterocycles. The van der Waals surface area contributed by atoms with Crippen LogP contribution < -0.4 is 4.74 Å². The van der Waals surface area contributed by atoms with Crippen molar-refractivity contribution >= 4 is 23.6 Å². The van der Waals surface area contributed by atoms with Crippen LogP contribution in [0.15, 0.2) is 47.4 Å². The number of nitrogens with zero attached hydrogens (tertiary/aromatic N) is 1. The first-order valence-corrected chi connectivity index (χ1v) is 9.44. The maximum Gasteiger partial charge on any atom is 0.335 e. The highest BCUT2D eigenvalue weighted by molar-refractivity contribution is 7.98. The van der Waals surface area contributed by atoms with Gasteiger partial charge in [0.25, 0.3) is 0 Å². The zero-order valence-corrected chi connectivity index (χ0v) is 16.0. The number of carbonyl (C=O) groups is 2. The van der Waals surface area contributed by atoms with Gasteiger partial charge in [-0.1, -0.05) is 18.2 Å². The molecule has 2 aromatic carbocycles. The number of methoxy groups -OCH3 is 1. The van der Waals surface area contributed by atoms with E-state index in [2.05, 4.69) is 0 Å². The van der Waals surface area contributed by atoms with E-state index in [9.17, 15) is 9.59 Å². The van der Waals surface area contributed by atoms with E-state index in [1.165, 1.54) is 0 Å². The van der Waals surface area contributed by atoms with E-state index in [0.717, 1.165) is 21.8 Å². The second-order valence-electron chi connectivity index (χ2n) is 5.94. The molecular formula is C20H23NO4S. The Balaban J connectivity index is 1.92. The molecule has 6 heteroatoms. The van der Waals surface area contributed by atoms with Gasteiger partial charge in [-0.2, -0.15) is 0 Å². The minimum atomic E-state index is -0.949. The molecule has 0 unspecified atom stereocenters. The molecule has 0 bridgehead atoms. The normalized spacial score (nSPS) is 10.4. The highest BCUT2D eigenvalue weighted by Gasteiger charge is 2.11. The van der Waals surface area contributed by atoms with Crippen molar-refractivity contribution in [2.45, 2.75) is 24.3 Å². The fourth-order valence-electron chi connectivity index (χ4n) is 2.60. The molecule has 0 saturated carbocycles. The number of hydrogen-bond donors (Lipinski definition) is 1. The van der Waals surface area contributed by atoms with Gasteiger partial charge in [0.1, 0.15) is 5.75 Å². The molecule has 0 saturated heterocycles. The van der Waals surface area contributed by atoms with E-state index in [1.807, 2.05) is 24.5 Å². The van der Waals surface area contributed by atoms with E-state index >= 15 is 0 Å². The molecular weight excluding hydrogens is 350 g/mol. The third-order valence-electron chi connectivity index (χ3n) is 4.12. The van der Waals surface area contributed by atoms with Crippen LogP contribution in [0.4, 0.5) is 0 Å². The Labute approximate surface area is 158 Å². The molecule has 138 valence electrons. The third kappa shape index (κ3) is 5.26. The molecule has 1 amide bonds. The fourth-order valence-corrected chi connectivity index (χ4v) is 3.14. The van der Waals surface area contributed by atoms with Gasteiger partial charge in [0, 0.05) is 24.9 Å². The molecule has 26 heavy (non-hydrogen) atoms. The topological polar surface area (TPSA) is 66.8 Å². The SMILES string of the molecule is COc1cc(CN(C)C(=O)CCc2ccc(C(=O)O)cc2)ccc1SC. The lowest BCUT2D eigenvalue weighted by Gasteiger charge is -2.18. The monoisotopic (exact) mass is 373 g/mol. The molecule has 2 rings (SSSR count). The maximum absolute atomic E-state index is 12.4. The highest BCUT2D eigenvalue weighted by Crippen LogP contribution is 2.28. The first-order chi connectivity index (χ1) is 12.4. The third-order valence-corrected chi connectivity index (χ3v) is 4.90. The quantitative estimate of drug-likeness (QED) is 0.715. The maximum atomic E-state index is 12.4. The molecule has 0 aliphatic rings. The number of aryl methyl sites for hydroxylation is 1. The van der Waals surface area contributed by atoms with Crippen LogP contribution in [0.3, 0.4) is 0 Å². The van der Waals surface area contributed by atoms with Crippen LogP contribution in [0.2, 0.25) is 0 Å². The summed E-state index contributed by atoms with van der Waals surface area (Å²) in [5, 5.41) is 8.91. The second-order valence-corrected chi connectivity index (χ2v) is 6.79. The first-order valence-electron chi connectivity index (χ1n) is 8.21. The number of thioether (sulfide) groups is 1. The Kier molecular flexibility index (Phi) is 7.09. The van der Waals surface area contributed by atoms with Crippen molar-refractivity contribution in [1.82, 2.24) is 4.90 Å². The average molecular weight is 373 g/mol. The molecule has 5 nitrogen and oxygen atoms in total. The van der Waals surface area contributed by atoms with Gasteiger partial charge in [0.2, 0.25) is 5.91 Å². The minimum Gasteiger partial charge on any atom is -0.496 e. The summed E-state index contributed by atoms with van der Waals surface area (Å²) < 4.78 is 5.38. The zero-order chi connectivity index (χ0) is 19.1. The average Bonchev–Trinajstić information content (AvgIpc) is 2.66. The number of hydrogen-bond acceptors (Lipinski definition) is 4. The fraction of sp³-hybridized carbons (Fsp3) is 0.300. The van der Waals surface area contributed by atoms with E-state index in [-0.39, 0.29) is 11.5 Å². The van der Waals surface area contributed by atoms with Crippen LogP contribution in [0, 0.1) is 0 Å². The van der Waals surface area contributed by atoms with Crippen LogP contribution in [0.5, 0.6) is 5.75 Å². The Morgan fingerprint density at radius 3 is 2.35 bits per heavy atom. The van der Waals surface area contributed by atoms with E-state index in [0.29, 0.717) is 19.4 Å². The summed E-state index contributed by atoms with van der Waals surface area (Å²) in [5.74, 6) is -0.0927. The Morgan fingerprint density at radius 1 is 1.12 bits per heavy atom. The summed E-state index contributed by atoms with van der Waals surface area (Å²) in [4.78, 5) is 26.0. The predicted molar refractivity (Wildman–Crippen MR) is 103 cm³/mol. The van der Waals surface area contributed by atoms with Gasteiger partial charge in [-0.25, -0.2) is 4.79 Å². The number of amides is 1. The van der Waals surface area contributed by atoms with Crippen molar-refractivity contribution in [3.8, 4) is 5.75 Å². The summed E-state index contributed by atoms with van der Waals surface area (Å²) in [6.45, 7) is 0.516. The number of carboxylic acid groups (broad SMARTS) is 1. The summed E-state index contributed by atoms with van der Waals surface area (Å²) in [7, 11) is 3.42. The van der Waals surface area contributed by atoms with Crippen molar-refractivity contribution in [3.05, 3.63) is 59.2 Å². The van der Waals surface area contributed by atoms with Crippen LogP contribution in [0.25, 0.3) is 0 Å². The van der Waals surface area contributed by atoms with E-state index in [4.69, 9.17) is 9.84 Å². The van der Waals surface area contributed by atoms with Crippen LogP contribution in [-0.2, 0) is 17.8 Å². The van der Waals surface area contributed by atoms with Gasteiger partial charge in [-0.3, -0.25) is 4.79 Å². The minimum absolute atomic E-state index is 0.0419. The standard InChI is InChI=1S/C20H23NO4S/c1-21(13-15-6-10-18(26-3)17(12-15)25-2)19(22)11-7-14-4-8-16(9-5-14)20(23)24/h4-6,8-10,12H,7,11,13H2,1-3H3,(H,23,24). The van der Waals surface area contributed by atoms with Crippen molar-refractivity contribution in [2.24, 2.45) is 0 Å². The summed E-state index contributed by atoms with van der Waals surface area (Å²) in [5.41, 5.74) is 2.21. The number of ether oxygens (including phenoxy) is 1. The van der Waals surface area contributed by atoms with Crippen molar-refractivity contribution in [2.75, 3.05) is 20.4 Å². The van der Waals surface area contributed by atoms with E-state index in [1.54, 1.807) is 55.1 Å². The second kappa shape index (κ2) is 9.29. The largest absolute Gasteiger partial charge is 0.496 e. The molecule has 0 heterocycles. The van der Waals surface area contributed by atoms with Crippen molar-refractivity contribution in [3.63, 3.8) is 0 Å². The summed E-state index contributed by atoms with van der Waals surface area (Å²) in [6, 6.07) is 12.6. The molecule has 0 radical (unpaired) electrons. The van der Waals surface area contributed by atoms with Gasteiger partial charge in [0.15, 0.2) is 0 Å². The van der Waals surface area contributed by atoms with Crippen molar-refractivity contribution < 1.29 is 19.4 Å². The van der Waals surface area contributed by atoms with Gasteiger partial charge < -0.3 is 14.7 Å². The predicted octanol–water partition coefficient (Wildman–Crippen LogP) is 3.71. The Morgan fingerprint density at radius 2 is 1.77 bits per heavy atom. The number of aromatic carboxylic acids is 1. The Bertz CT molecular complexity index is 774. The lowest BCUT2D eigenvalue weighted by Crippen LogP contribution is -2.26. The first kappa shape index (κ1) is 19.8.